The molecule has 1 saturated heterocycles. The fourth-order valence-corrected chi connectivity index (χ4v) is 2.00. The molecule has 1 aliphatic rings. The molecule has 0 spiro atoms. The van der Waals surface area contributed by atoms with E-state index in [0.29, 0.717) is 25.7 Å². The molecule has 0 bridgehead atoms. The SMILES string of the molecule is CCC(C)NCC(=O)N1CCCN(C(C)=O)CC1. The van der Waals surface area contributed by atoms with Crippen molar-refractivity contribution in [1.29, 1.82) is 0 Å². The fraction of sp³-hybridized carbons (Fsp3) is 0.846. The van der Waals surface area contributed by atoms with E-state index in [0.717, 1.165) is 25.9 Å². The summed E-state index contributed by atoms with van der Waals surface area (Å²) in [6.45, 7) is 8.98. The van der Waals surface area contributed by atoms with Gasteiger partial charge in [-0.1, -0.05) is 6.92 Å². The summed E-state index contributed by atoms with van der Waals surface area (Å²) in [5, 5.41) is 3.21. The molecule has 1 unspecified atom stereocenters. The van der Waals surface area contributed by atoms with Gasteiger partial charge in [0.25, 0.3) is 0 Å². The van der Waals surface area contributed by atoms with Gasteiger partial charge in [0.15, 0.2) is 0 Å². The molecule has 5 heteroatoms. The molecule has 5 nitrogen and oxygen atoms in total. The maximum atomic E-state index is 12.0. The molecule has 0 saturated carbocycles. The van der Waals surface area contributed by atoms with Crippen molar-refractivity contribution in [3.63, 3.8) is 0 Å². The summed E-state index contributed by atoms with van der Waals surface area (Å²) >= 11 is 0. The molecule has 1 aliphatic heterocycles. The normalized spacial score (nSPS) is 18.4. The number of hydrogen-bond donors (Lipinski definition) is 1. The van der Waals surface area contributed by atoms with Crippen LogP contribution >= 0.6 is 0 Å². The standard InChI is InChI=1S/C13H25N3O2/c1-4-11(2)14-10-13(18)16-7-5-6-15(8-9-16)12(3)17/h11,14H,4-10H2,1-3H3. The van der Waals surface area contributed by atoms with E-state index in [4.69, 9.17) is 0 Å². The highest BCUT2D eigenvalue weighted by molar-refractivity contribution is 5.78. The summed E-state index contributed by atoms with van der Waals surface area (Å²) in [4.78, 5) is 27.0. The number of nitrogens with zero attached hydrogens (tertiary/aromatic N) is 2. The second kappa shape index (κ2) is 7.36. The van der Waals surface area contributed by atoms with Crippen LogP contribution in [0.25, 0.3) is 0 Å². The van der Waals surface area contributed by atoms with Crippen LogP contribution in [0.15, 0.2) is 0 Å². The summed E-state index contributed by atoms with van der Waals surface area (Å²) in [5.74, 6) is 0.239. The van der Waals surface area contributed by atoms with Crippen LogP contribution in [0.2, 0.25) is 0 Å². The third kappa shape index (κ3) is 4.64. The van der Waals surface area contributed by atoms with Crippen molar-refractivity contribution in [3.05, 3.63) is 0 Å². The predicted octanol–water partition coefficient (Wildman–Crippen LogP) is 0.455. The lowest BCUT2D eigenvalue weighted by molar-refractivity contribution is -0.132. The highest BCUT2D eigenvalue weighted by Gasteiger charge is 2.20. The lowest BCUT2D eigenvalue weighted by atomic mass is 10.2. The molecule has 0 aliphatic carbocycles. The van der Waals surface area contributed by atoms with Gasteiger partial charge in [-0.3, -0.25) is 9.59 Å². The van der Waals surface area contributed by atoms with Crippen molar-refractivity contribution in [2.24, 2.45) is 0 Å². The largest absolute Gasteiger partial charge is 0.341 e. The molecule has 1 atom stereocenters. The average Bonchev–Trinajstić information content (AvgIpc) is 2.61. The Balaban J connectivity index is 2.38. The molecule has 1 heterocycles. The minimum Gasteiger partial charge on any atom is -0.341 e. The van der Waals surface area contributed by atoms with Crippen molar-refractivity contribution in [1.82, 2.24) is 15.1 Å². The van der Waals surface area contributed by atoms with Crippen molar-refractivity contribution < 1.29 is 9.59 Å². The van der Waals surface area contributed by atoms with Gasteiger partial charge in [-0.05, 0) is 19.8 Å². The Morgan fingerprint density at radius 2 is 1.78 bits per heavy atom. The summed E-state index contributed by atoms with van der Waals surface area (Å²) in [6, 6.07) is 0.370. The maximum absolute atomic E-state index is 12.0. The van der Waals surface area contributed by atoms with E-state index in [1.54, 1.807) is 6.92 Å². The van der Waals surface area contributed by atoms with Gasteiger partial charge in [0, 0.05) is 39.1 Å². The molecule has 1 rings (SSSR count). The van der Waals surface area contributed by atoms with Crippen LogP contribution in [0.3, 0.4) is 0 Å². The Bertz CT molecular complexity index is 294. The number of rotatable bonds is 4. The average molecular weight is 255 g/mol. The third-order valence-electron chi connectivity index (χ3n) is 3.51. The van der Waals surface area contributed by atoms with E-state index in [2.05, 4.69) is 19.2 Å². The molecule has 2 amide bonds. The summed E-state index contributed by atoms with van der Waals surface area (Å²) in [7, 11) is 0. The third-order valence-corrected chi connectivity index (χ3v) is 3.51. The first-order valence-electron chi connectivity index (χ1n) is 6.81. The molecule has 1 fully saturated rings. The first kappa shape index (κ1) is 15.0. The van der Waals surface area contributed by atoms with Crippen LogP contribution in [0.4, 0.5) is 0 Å². The maximum Gasteiger partial charge on any atom is 0.236 e. The van der Waals surface area contributed by atoms with Gasteiger partial charge in [0.05, 0.1) is 6.54 Å². The second-order valence-corrected chi connectivity index (χ2v) is 4.93. The number of hydrogen-bond acceptors (Lipinski definition) is 3. The van der Waals surface area contributed by atoms with E-state index < -0.39 is 0 Å². The first-order valence-corrected chi connectivity index (χ1v) is 6.81. The minimum absolute atomic E-state index is 0.0991. The molecule has 0 aromatic rings. The Hall–Kier alpha value is -1.10. The molecule has 18 heavy (non-hydrogen) atoms. The molecule has 104 valence electrons. The molecule has 1 N–H and O–H groups in total. The van der Waals surface area contributed by atoms with E-state index in [1.807, 2.05) is 9.80 Å². The van der Waals surface area contributed by atoms with Crippen molar-refractivity contribution in [2.45, 2.75) is 39.7 Å². The van der Waals surface area contributed by atoms with Gasteiger partial charge in [0.1, 0.15) is 0 Å². The Kier molecular flexibility index (Phi) is 6.12. The van der Waals surface area contributed by atoms with Gasteiger partial charge in [-0.25, -0.2) is 0 Å². The first-order chi connectivity index (χ1) is 8.54. The zero-order valence-electron chi connectivity index (χ0n) is 11.7. The van der Waals surface area contributed by atoms with Crippen molar-refractivity contribution >= 4 is 11.8 Å². The predicted molar refractivity (Wildman–Crippen MR) is 71.2 cm³/mol. The van der Waals surface area contributed by atoms with Gasteiger partial charge in [-0.15, -0.1) is 0 Å². The Morgan fingerprint density at radius 1 is 1.17 bits per heavy atom. The van der Waals surface area contributed by atoms with Gasteiger partial charge < -0.3 is 15.1 Å². The van der Waals surface area contributed by atoms with E-state index in [1.165, 1.54) is 0 Å². The van der Waals surface area contributed by atoms with E-state index >= 15 is 0 Å². The molecule has 0 radical (unpaired) electrons. The lowest BCUT2D eigenvalue weighted by Gasteiger charge is -2.22. The molecular weight excluding hydrogens is 230 g/mol. The number of amides is 2. The van der Waals surface area contributed by atoms with Crippen LogP contribution in [-0.2, 0) is 9.59 Å². The van der Waals surface area contributed by atoms with Gasteiger partial charge in [-0.2, -0.15) is 0 Å². The fourth-order valence-electron chi connectivity index (χ4n) is 2.00. The van der Waals surface area contributed by atoms with Crippen LogP contribution in [0.5, 0.6) is 0 Å². The van der Waals surface area contributed by atoms with Gasteiger partial charge >= 0.3 is 0 Å². The highest BCUT2D eigenvalue weighted by Crippen LogP contribution is 2.03. The number of nitrogens with one attached hydrogen (secondary N) is 1. The van der Waals surface area contributed by atoms with Crippen molar-refractivity contribution in [2.75, 3.05) is 32.7 Å². The second-order valence-electron chi connectivity index (χ2n) is 4.93. The molecule has 0 aromatic heterocycles. The minimum atomic E-state index is 0.0991. The summed E-state index contributed by atoms with van der Waals surface area (Å²) in [5.41, 5.74) is 0. The van der Waals surface area contributed by atoms with Gasteiger partial charge in [0.2, 0.25) is 11.8 Å². The zero-order chi connectivity index (χ0) is 13.5. The van der Waals surface area contributed by atoms with Crippen LogP contribution in [0, 0.1) is 0 Å². The number of carbonyl (C=O) groups excluding carboxylic acids is 2. The smallest absolute Gasteiger partial charge is 0.236 e. The summed E-state index contributed by atoms with van der Waals surface area (Å²) in [6.07, 6.45) is 1.89. The summed E-state index contributed by atoms with van der Waals surface area (Å²) < 4.78 is 0. The lowest BCUT2D eigenvalue weighted by Crippen LogP contribution is -2.42. The number of carbonyl (C=O) groups is 2. The topological polar surface area (TPSA) is 52.7 Å². The monoisotopic (exact) mass is 255 g/mol. The van der Waals surface area contributed by atoms with Crippen LogP contribution < -0.4 is 5.32 Å². The quantitative estimate of drug-likeness (QED) is 0.794. The zero-order valence-corrected chi connectivity index (χ0v) is 11.7. The van der Waals surface area contributed by atoms with Crippen LogP contribution in [-0.4, -0.2) is 60.4 Å². The van der Waals surface area contributed by atoms with Crippen LogP contribution in [0.1, 0.15) is 33.6 Å². The van der Waals surface area contributed by atoms with Crippen molar-refractivity contribution in [3.8, 4) is 0 Å². The Labute approximate surface area is 110 Å². The van der Waals surface area contributed by atoms with E-state index in [-0.39, 0.29) is 11.8 Å². The molecular formula is C13H25N3O2. The molecule has 0 aromatic carbocycles. The Morgan fingerprint density at radius 3 is 2.39 bits per heavy atom. The van der Waals surface area contributed by atoms with E-state index in [9.17, 15) is 9.59 Å². The highest BCUT2D eigenvalue weighted by atomic mass is 16.2.